The number of amides is 3. The maximum absolute atomic E-state index is 13.7. The van der Waals surface area contributed by atoms with E-state index in [1.165, 1.54) is 0 Å². The molecule has 0 bridgehead atoms. The SMILES string of the molecule is CCOC(=O)[C@@H](NC(=O)OCC[Si](C)(C)C)[C@@H]([C@H]1CN(C(=O)OCc2ccccc2)CCO1)N1CC2(C[C@H](OC)CN2C(=O)OC(C)(C)C)C1. The molecule has 0 radical (unpaired) electrons. The molecular weight excluding hydrogens is 664 g/mol. The Kier molecular flexibility index (Phi) is 13.2. The zero-order chi connectivity index (χ0) is 36.7. The Morgan fingerprint density at radius 1 is 1.02 bits per heavy atom. The fraction of sp³-hybridized carbons (Fsp3) is 0.714. The van der Waals surface area contributed by atoms with Crippen molar-refractivity contribution in [2.75, 3.05) is 59.7 Å². The number of methoxy groups -OCH3 is 1. The van der Waals surface area contributed by atoms with Crippen molar-refractivity contribution in [3.8, 4) is 0 Å². The van der Waals surface area contributed by atoms with Crippen LogP contribution in [-0.4, -0.2) is 142 Å². The van der Waals surface area contributed by atoms with E-state index in [1.807, 2.05) is 56.0 Å². The number of carbonyl (C=O) groups excluding carboxylic acids is 4. The first kappa shape index (κ1) is 39.4. The van der Waals surface area contributed by atoms with Gasteiger partial charge in [0.1, 0.15) is 18.2 Å². The van der Waals surface area contributed by atoms with E-state index in [-0.39, 0.29) is 39.1 Å². The quantitative estimate of drug-likeness (QED) is 0.189. The summed E-state index contributed by atoms with van der Waals surface area (Å²) in [5, 5.41) is 2.78. The molecule has 1 N–H and O–H groups in total. The molecule has 3 saturated heterocycles. The predicted molar refractivity (Wildman–Crippen MR) is 187 cm³/mol. The zero-order valence-electron chi connectivity index (χ0n) is 30.9. The summed E-state index contributed by atoms with van der Waals surface area (Å²) in [4.78, 5) is 58.9. The lowest BCUT2D eigenvalue weighted by atomic mass is 9.82. The van der Waals surface area contributed by atoms with Crippen LogP contribution in [0, 0.1) is 0 Å². The number of hydrogen-bond donors (Lipinski definition) is 1. The van der Waals surface area contributed by atoms with E-state index in [0.717, 1.165) is 11.6 Å². The van der Waals surface area contributed by atoms with Crippen LogP contribution in [0.15, 0.2) is 30.3 Å². The second-order valence-electron chi connectivity index (χ2n) is 15.5. The van der Waals surface area contributed by atoms with Crippen LogP contribution in [-0.2, 0) is 39.8 Å². The summed E-state index contributed by atoms with van der Waals surface area (Å²) in [6.07, 6.45) is -2.07. The largest absolute Gasteiger partial charge is 0.464 e. The second kappa shape index (κ2) is 16.7. The minimum Gasteiger partial charge on any atom is -0.464 e. The smallest absolute Gasteiger partial charge is 0.410 e. The van der Waals surface area contributed by atoms with Crippen LogP contribution in [0.4, 0.5) is 14.4 Å². The molecule has 14 nitrogen and oxygen atoms in total. The van der Waals surface area contributed by atoms with Gasteiger partial charge >= 0.3 is 24.2 Å². The Bertz CT molecular complexity index is 1310. The lowest BCUT2D eigenvalue weighted by molar-refractivity contribution is -0.159. The van der Waals surface area contributed by atoms with Gasteiger partial charge in [-0.2, -0.15) is 0 Å². The van der Waals surface area contributed by atoms with Gasteiger partial charge in [0.05, 0.1) is 56.7 Å². The van der Waals surface area contributed by atoms with Gasteiger partial charge in [-0.3, -0.25) is 9.80 Å². The summed E-state index contributed by atoms with van der Waals surface area (Å²) in [6.45, 7) is 15.7. The highest BCUT2D eigenvalue weighted by Gasteiger charge is 2.60. The van der Waals surface area contributed by atoms with Crippen molar-refractivity contribution >= 4 is 32.3 Å². The number of alkyl carbamates (subject to hydrolysis) is 1. The molecule has 3 aliphatic heterocycles. The van der Waals surface area contributed by atoms with Crippen molar-refractivity contribution in [3.05, 3.63) is 35.9 Å². The minimum absolute atomic E-state index is 0.0870. The standard InChI is InChI=1S/C35H56N4O10Si/c1-9-45-30(40)28(36-31(41)47-17-18-50(6,7)8)29(27-21-37(15-16-46-27)32(42)48-22-25-13-11-10-12-14-25)38-23-35(24-38)19-26(44-5)20-39(35)33(43)49-34(2,3)4/h10-14,26-29H,9,15-24H2,1-8H3,(H,36,41)/t26-,27+,28-,29+/m0/s1. The molecule has 3 heterocycles. The van der Waals surface area contributed by atoms with E-state index in [9.17, 15) is 19.2 Å². The Morgan fingerprint density at radius 2 is 1.72 bits per heavy atom. The summed E-state index contributed by atoms with van der Waals surface area (Å²) in [6, 6.07) is 8.17. The lowest BCUT2D eigenvalue weighted by Gasteiger charge is -2.57. The highest BCUT2D eigenvalue weighted by molar-refractivity contribution is 6.76. The molecule has 1 spiro atoms. The molecule has 4 rings (SSSR count). The first-order valence-electron chi connectivity index (χ1n) is 17.5. The number of hydrogen-bond acceptors (Lipinski definition) is 11. The van der Waals surface area contributed by atoms with Crippen molar-refractivity contribution in [2.24, 2.45) is 0 Å². The Balaban J connectivity index is 1.59. The van der Waals surface area contributed by atoms with E-state index in [4.69, 9.17) is 28.4 Å². The zero-order valence-corrected chi connectivity index (χ0v) is 31.9. The molecule has 50 heavy (non-hydrogen) atoms. The third-order valence-electron chi connectivity index (χ3n) is 9.11. The van der Waals surface area contributed by atoms with E-state index < -0.39 is 61.7 Å². The van der Waals surface area contributed by atoms with Gasteiger partial charge < -0.3 is 38.6 Å². The van der Waals surface area contributed by atoms with Crippen LogP contribution >= 0.6 is 0 Å². The van der Waals surface area contributed by atoms with E-state index in [1.54, 1.807) is 23.8 Å². The number of likely N-dealkylation sites (tertiary alicyclic amines) is 2. The number of benzene rings is 1. The predicted octanol–water partition coefficient (Wildman–Crippen LogP) is 4.10. The fourth-order valence-electron chi connectivity index (χ4n) is 6.61. The molecule has 3 amide bonds. The molecule has 280 valence electrons. The number of nitrogens with zero attached hydrogens (tertiary/aromatic N) is 3. The second-order valence-corrected chi connectivity index (χ2v) is 21.1. The summed E-state index contributed by atoms with van der Waals surface area (Å²) >= 11 is 0. The Morgan fingerprint density at radius 3 is 2.34 bits per heavy atom. The maximum atomic E-state index is 13.7. The molecular formula is C35H56N4O10Si. The van der Waals surface area contributed by atoms with Crippen LogP contribution in [0.1, 0.15) is 39.7 Å². The van der Waals surface area contributed by atoms with Crippen LogP contribution < -0.4 is 5.32 Å². The third-order valence-corrected chi connectivity index (χ3v) is 10.8. The van der Waals surface area contributed by atoms with Crippen molar-refractivity contribution in [3.63, 3.8) is 0 Å². The van der Waals surface area contributed by atoms with Crippen LogP contribution in [0.5, 0.6) is 0 Å². The summed E-state index contributed by atoms with van der Waals surface area (Å²) in [5.41, 5.74) is -0.478. The number of carbonyl (C=O) groups is 4. The molecule has 0 saturated carbocycles. The van der Waals surface area contributed by atoms with Crippen LogP contribution in [0.3, 0.4) is 0 Å². The normalized spacial score (nSPS) is 21.9. The van der Waals surface area contributed by atoms with Gasteiger partial charge in [0.15, 0.2) is 0 Å². The molecule has 3 fully saturated rings. The third kappa shape index (κ3) is 10.6. The van der Waals surface area contributed by atoms with Crippen molar-refractivity contribution < 1.29 is 47.6 Å². The van der Waals surface area contributed by atoms with Gasteiger partial charge in [-0.15, -0.1) is 0 Å². The average Bonchev–Trinajstić information content (AvgIpc) is 3.43. The first-order valence-corrected chi connectivity index (χ1v) is 21.2. The highest BCUT2D eigenvalue weighted by atomic mass is 28.3. The number of ether oxygens (including phenoxy) is 6. The summed E-state index contributed by atoms with van der Waals surface area (Å²) < 4.78 is 34.4. The molecule has 3 aliphatic rings. The molecule has 15 heteroatoms. The van der Waals surface area contributed by atoms with Gasteiger partial charge in [-0.1, -0.05) is 50.0 Å². The Labute approximate surface area is 297 Å². The summed E-state index contributed by atoms with van der Waals surface area (Å²) in [5.74, 6) is -0.654. The first-order chi connectivity index (χ1) is 23.5. The van der Waals surface area contributed by atoms with Crippen LogP contribution in [0.25, 0.3) is 0 Å². The summed E-state index contributed by atoms with van der Waals surface area (Å²) in [7, 11) is 0.123. The van der Waals surface area contributed by atoms with Gasteiger partial charge in [0, 0.05) is 41.2 Å². The Hall–Kier alpha value is -3.40. The molecule has 1 aromatic carbocycles. The molecule has 4 atom stereocenters. The van der Waals surface area contributed by atoms with Crippen molar-refractivity contribution in [1.82, 2.24) is 20.0 Å². The van der Waals surface area contributed by atoms with Gasteiger partial charge in [-0.05, 0) is 39.3 Å². The number of esters is 1. The number of rotatable bonds is 12. The van der Waals surface area contributed by atoms with Gasteiger partial charge in [-0.25, -0.2) is 19.2 Å². The minimum atomic E-state index is -1.49. The lowest BCUT2D eigenvalue weighted by Crippen LogP contribution is -2.76. The molecule has 0 unspecified atom stereocenters. The molecule has 0 aliphatic carbocycles. The van der Waals surface area contributed by atoms with E-state index in [0.29, 0.717) is 32.6 Å². The number of nitrogens with one attached hydrogen (secondary N) is 1. The topological polar surface area (TPSA) is 145 Å². The van der Waals surface area contributed by atoms with Crippen molar-refractivity contribution in [2.45, 2.75) is 102 Å². The van der Waals surface area contributed by atoms with E-state index in [2.05, 4.69) is 25.0 Å². The maximum Gasteiger partial charge on any atom is 0.410 e. The van der Waals surface area contributed by atoms with Gasteiger partial charge in [0.2, 0.25) is 0 Å². The average molecular weight is 721 g/mol. The monoisotopic (exact) mass is 720 g/mol. The fourth-order valence-corrected chi connectivity index (χ4v) is 7.33. The molecule has 0 aromatic heterocycles. The van der Waals surface area contributed by atoms with E-state index >= 15 is 0 Å². The van der Waals surface area contributed by atoms with Crippen LogP contribution in [0.2, 0.25) is 25.7 Å². The van der Waals surface area contributed by atoms with Crippen molar-refractivity contribution in [1.29, 1.82) is 0 Å². The number of morpholine rings is 1. The highest BCUT2D eigenvalue weighted by Crippen LogP contribution is 2.42. The van der Waals surface area contributed by atoms with Gasteiger partial charge in [0.25, 0.3) is 0 Å². The molecule has 1 aromatic rings.